The molecule has 0 fully saturated rings. The molecule has 0 aromatic carbocycles. The number of aliphatic hydroxyl groups excluding tert-OH is 2. The van der Waals surface area contributed by atoms with Gasteiger partial charge in [0.05, 0.1) is 26.4 Å². The molecule has 0 bridgehead atoms. The fourth-order valence-corrected chi connectivity index (χ4v) is 10.6. The third-order valence-electron chi connectivity index (χ3n) is 14.3. The molecule has 0 amide bonds. The van der Waals surface area contributed by atoms with E-state index in [0.29, 0.717) is 19.3 Å². The minimum atomic E-state index is -4.94. The quantitative estimate of drug-likeness (QED) is 0.0146. The normalized spacial score (nSPS) is 15.0. The lowest BCUT2D eigenvalue weighted by atomic mass is 10.1. The van der Waals surface area contributed by atoms with E-state index in [9.17, 15) is 43.5 Å². The van der Waals surface area contributed by atoms with E-state index in [1.165, 1.54) is 19.3 Å². The second kappa shape index (κ2) is 67.7. The zero-order chi connectivity index (χ0) is 68.1. The second-order valence-electron chi connectivity index (χ2n) is 23.3. The van der Waals surface area contributed by atoms with Gasteiger partial charge in [-0.1, -0.05) is 244 Å². The number of carbonyl (C=O) groups is 3. The fraction of sp³-hybridized carbons (Fsp3) is 0.667. The standard InChI is InChI=1S/C75H126O16P2/c1-4-7-10-13-16-19-22-25-28-30-31-32-33-34-35-36-37-39-42-43-46-49-52-55-58-61-73(78)85-64-70(76)65-87-92(81,82)88-66-71(77)67-89-93(83,84)90-69-72(91-75(80)63-60-57-54-51-48-45-40-27-24-21-18-15-12-9-6-3)68-86-74(79)62-59-56-53-50-47-44-41-38-29-26-23-20-17-14-11-8-5-2/h7-8,10-11,16-21,25-29,31-32,34-35,37,39-40,70-72,76-77H,4-6,9,12-15,22-24,30,33,36,38,41-69H2,1-3H3,(H,81,82)(H,83,84)/b10-7-,11-8-,19-16-,20-17-,21-18-,28-25-,29-26-,32-31-,35-34-,39-37-,40-27-. The number of aliphatic hydroxyl groups is 2. The van der Waals surface area contributed by atoms with Crippen molar-refractivity contribution in [2.45, 2.75) is 283 Å². The van der Waals surface area contributed by atoms with Crippen LogP contribution >= 0.6 is 15.6 Å². The Bertz CT molecular complexity index is 2230. The number of phosphoric ester groups is 2. The van der Waals surface area contributed by atoms with Gasteiger partial charge in [0, 0.05) is 19.3 Å². The predicted molar refractivity (Wildman–Crippen MR) is 380 cm³/mol. The molecule has 532 valence electrons. The lowest BCUT2D eigenvalue weighted by molar-refractivity contribution is -0.161. The third kappa shape index (κ3) is 68.9. The Hall–Kier alpha value is -4.31. The van der Waals surface area contributed by atoms with Crippen LogP contribution in [0.2, 0.25) is 0 Å². The average molecular weight is 1350 g/mol. The van der Waals surface area contributed by atoms with Crippen molar-refractivity contribution in [2.75, 3.05) is 39.6 Å². The van der Waals surface area contributed by atoms with Crippen molar-refractivity contribution < 1.29 is 75.8 Å². The first kappa shape index (κ1) is 88.7. The van der Waals surface area contributed by atoms with Gasteiger partial charge < -0.3 is 34.2 Å². The SMILES string of the molecule is CC/C=C\C/C=C\C/C=C\C/C=C\C/C=C\C/C=C\CCCCCCCCC(=O)OCC(O)COP(=O)(O)OCC(O)COP(=O)(O)OCC(COC(=O)CCCCCCCCC/C=C\C/C=C\C/C=C\CC)OC(=O)CCCCCCC/C=C\C/C=C\CCCCC. The molecule has 18 heteroatoms. The maximum atomic E-state index is 12.9. The molecule has 0 rings (SSSR count). The molecule has 0 aliphatic rings. The molecule has 0 heterocycles. The Balaban J connectivity index is 4.63. The van der Waals surface area contributed by atoms with Crippen LogP contribution in [0.5, 0.6) is 0 Å². The third-order valence-corrected chi connectivity index (χ3v) is 16.2. The van der Waals surface area contributed by atoms with Gasteiger partial charge in [-0.15, -0.1) is 0 Å². The van der Waals surface area contributed by atoms with Crippen molar-refractivity contribution in [3.05, 3.63) is 134 Å². The van der Waals surface area contributed by atoms with Crippen LogP contribution in [0.4, 0.5) is 0 Å². The summed E-state index contributed by atoms with van der Waals surface area (Å²) in [5.41, 5.74) is 0. The van der Waals surface area contributed by atoms with E-state index in [0.717, 1.165) is 186 Å². The predicted octanol–water partition coefficient (Wildman–Crippen LogP) is 20.0. The van der Waals surface area contributed by atoms with Crippen molar-refractivity contribution in [3.63, 3.8) is 0 Å². The highest BCUT2D eigenvalue weighted by Crippen LogP contribution is 2.45. The van der Waals surface area contributed by atoms with Crippen LogP contribution in [-0.2, 0) is 55.8 Å². The van der Waals surface area contributed by atoms with Crippen LogP contribution in [-0.4, -0.2) is 95.9 Å². The lowest BCUT2D eigenvalue weighted by Crippen LogP contribution is -2.30. The number of phosphoric acid groups is 2. The molecule has 0 aliphatic carbocycles. The fourth-order valence-electron chi connectivity index (χ4n) is 8.97. The highest BCUT2D eigenvalue weighted by molar-refractivity contribution is 7.47. The monoisotopic (exact) mass is 1340 g/mol. The maximum absolute atomic E-state index is 12.9. The number of carbonyl (C=O) groups excluding carboxylic acids is 3. The molecule has 93 heavy (non-hydrogen) atoms. The molecule has 0 radical (unpaired) electrons. The summed E-state index contributed by atoms with van der Waals surface area (Å²) < 4.78 is 60.9. The van der Waals surface area contributed by atoms with Crippen LogP contribution in [0.3, 0.4) is 0 Å². The van der Waals surface area contributed by atoms with Crippen LogP contribution in [0.25, 0.3) is 0 Å². The van der Waals surface area contributed by atoms with E-state index in [1.807, 2.05) is 0 Å². The van der Waals surface area contributed by atoms with E-state index < -0.39 is 91.5 Å². The van der Waals surface area contributed by atoms with Crippen LogP contribution in [0.1, 0.15) is 265 Å². The molecule has 0 aromatic heterocycles. The van der Waals surface area contributed by atoms with Crippen LogP contribution < -0.4 is 0 Å². The van der Waals surface area contributed by atoms with Crippen LogP contribution in [0, 0.1) is 0 Å². The number of rotatable bonds is 66. The minimum Gasteiger partial charge on any atom is -0.463 e. The molecule has 5 unspecified atom stereocenters. The molecule has 4 N–H and O–H groups in total. The van der Waals surface area contributed by atoms with Crippen molar-refractivity contribution in [3.8, 4) is 0 Å². The van der Waals surface area contributed by atoms with Gasteiger partial charge in [-0.25, -0.2) is 9.13 Å². The highest BCUT2D eigenvalue weighted by atomic mass is 31.2. The van der Waals surface area contributed by atoms with E-state index in [1.54, 1.807) is 0 Å². The van der Waals surface area contributed by atoms with Crippen molar-refractivity contribution in [1.29, 1.82) is 0 Å². The number of esters is 3. The number of ether oxygens (including phenoxy) is 3. The molecule has 16 nitrogen and oxygen atoms in total. The van der Waals surface area contributed by atoms with E-state index in [-0.39, 0.29) is 19.3 Å². The summed E-state index contributed by atoms with van der Waals surface area (Å²) in [6.45, 7) is 2.36. The number of unbranched alkanes of at least 4 members (excludes halogenated alkanes) is 21. The minimum absolute atomic E-state index is 0.0831. The van der Waals surface area contributed by atoms with Gasteiger partial charge in [0.15, 0.2) is 6.10 Å². The van der Waals surface area contributed by atoms with Gasteiger partial charge in [-0.2, -0.15) is 0 Å². The molecule has 0 aliphatic heterocycles. The molecular formula is C75H126O16P2. The molecule has 0 aromatic rings. The van der Waals surface area contributed by atoms with Gasteiger partial charge in [0.25, 0.3) is 0 Å². The van der Waals surface area contributed by atoms with E-state index in [4.69, 9.17) is 32.3 Å². The first-order chi connectivity index (χ1) is 45.2. The topological polar surface area (TPSA) is 231 Å². The zero-order valence-electron chi connectivity index (χ0n) is 57.6. The van der Waals surface area contributed by atoms with Crippen LogP contribution in [0.15, 0.2) is 134 Å². The summed E-state index contributed by atoms with van der Waals surface area (Å²) in [6.07, 6.45) is 79.2. The Morgan fingerprint density at radius 3 is 0.903 bits per heavy atom. The first-order valence-electron chi connectivity index (χ1n) is 35.5. The van der Waals surface area contributed by atoms with Gasteiger partial charge in [-0.3, -0.25) is 32.5 Å². The molecule has 0 spiro atoms. The number of allylic oxidation sites excluding steroid dienone is 22. The number of hydrogen-bond donors (Lipinski definition) is 4. The van der Waals surface area contributed by atoms with Gasteiger partial charge in [0.2, 0.25) is 0 Å². The van der Waals surface area contributed by atoms with Gasteiger partial charge in [0.1, 0.15) is 25.4 Å². The van der Waals surface area contributed by atoms with E-state index in [2.05, 4.69) is 154 Å². The summed E-state index contributed by atoms with van der Waals surface area (Å²) in [5, 5.41) is 20.6. The first-order valence-corrected chi connectivity index (χ1v) is 38.5. The smallest absolute Gasteiger partial charge is 0.463 e. The molecule has 0 saturated heterocycles. The Labute approximate surface area is 563 Å². The molecule has 5 atom stereocenters. The lowest BCUT2D eigenvalue weighted by Gasteiger charge is -2.21. The maximum Gasteiger partial charge on any atom is 0.472 e. The molecule has 0 saturated carbocycles. The highest BCUT2D eigenvalue weighted by Gasteiger charge is 2.29. The largest absolute Gasteiger partial charge is 0.472 e. The second-order valence-corrected chi connectivity index (χ2v) is 26.2. The molecular weight excluding hydrogens is 1220 g/mol. The number of hydrogen-bond acceptors (Lipinski definition) is 14. The average Bonchev–Trinajstić information content (AvgIpc) is 2.84. The Morgan fingerprint density at radius 1 is 0.312 bits per heavy atom. The summed E-state index contributed by atoms with van der Waals surface area (Å²) in [7, 11) is -9.80. The Morgan fingerprint density at radius 2 is 0.570 bits per heavy atom. The zero-order valence-corrected chi connectivity index (χ0v) is 59.4. The van der Waals surface area contributed by atoms with E-state index >= 15 is 0 Å². The van der Waals surface area contributed by atoms with Crippen molar-refractivity contribution in [2.24, 2.45) is 0 Å². The summed E-state index contributed by atoms with van der Waals surface area (Å²) >= 11 is 0. The van der Waals surface area contributed by atoms with Crippen molar-refractivity contribution in [1.82, 2.24) is 0 Å². The Kier molecular flexibility index (Phi) is 64.5. The van der Waals surface area contributed by atoms with Gasteiger partial charge in [-0.05, 0) is 135 Å². The summed E-state index contributed by atoms with van der Waals surface area (Å²) in [6, 6.07) is 0. The van der Waals surface area contributed by atoms with Crippen molar-refractivity contribution >= 4 is 33.6 Å². The summed E-state index contributed by atoms with van der Waals surface area (Å²) in [5.74, 6) is -1.62. The van der Waals surface area contributed by atoms with Gasteiger partial charge >= 0.3 is 33.6 Å². The summed E-state index contributed by atoms with van der Waals surface area (Å²) in [4.78, 5) is 58.4.